The Morgan fingerprint density at radius 3 is 2.71 bits per heavy atom. The summed E-state index contributed by atoms with van der Waals surface area (Å²) in [6.45, 7) is -0.418. The molecule has 90 valence electrons. The SMILES string of the molecule is NC(=O)CNC(=O)c1cc(N)ncc1[N+](=O)[O-]. The number of nitro groups is 1. The van der Waals surface area contributed by atoms with Gasteiger partial charge in [-0.15, -0.1) is 0 Å². The summed E-state index contributed by atoms with van der Waals surface area (Å²) in [7, 11) is 0. The maximum Gasteiger partial charge on any atom is 0.300 e. The lowest BCUT2D eigenvalue weighted by Crippen LogP contribution is -2.33. The Morgan fingerprint density at radius 2 is 2.18 bits per heavy atom. The molecule has 17 heavy (non-hydrogen) atoms. The predicted molar refractivity (Wildman–Crippen MR) is 56.8 cm³/mol. The van der Waals surface area contributed by atoms with Crippen LogP contribution in [0.2, 0.25) is 0 Å². The predicted octanol–water partition coefficient (Wildman–Crippen LogP) is -1.21. The highest BCUT2D eigenvalue weighted by atomic mass is 16.6. The number of carbonyl (C=O) groups excluding carboxylic acids is 2. The Labute approximate surface area is 95.0 Å². The van der Waals surface area contributed by atoms with E-state index in [0.717, 1.165) is 12.3 Å². The number of aromatic nitrogens is 1. The number of anilines is 1. The lowest BCUT2D eigenvalue weighted by Gasteiger charge is -2.04. The highest BCUT2D eigenvalue weighted by molar-refractivity contribution is 6.00. The number of nitrogens with one attached hydrogen (secondary N) is 1. The van der Waals surface area contributed by atoms with E-state index in [9.17, 15) is 19.7 Å². The summed E-state index contributed by atoms with van der Waals surface area (Å²) in [5.74, 6) is -1.62. The molecule has 0 spiro atoms. The van der Waals surface area contributed by atoms with Gasteiger partial charge in [0.25, 0.3) is 11.6 Å². The van der Waals surface area contributed by atoms with Gasteiger partial charge < -0.3 is 16.8 Å². The zero-order valence-corrected chi connectivity index (χ0v) is 8.54. The van der Waals surface area contributed by atoms with Crippen LogP contribution in [0, 0.1) is 10.1 Å². The number of primary amides is 1. The molecule has 0 fully saturated rings. The van der Waals surface area contributed by atoms with E-state index < -0.39 is 29.0 Å². The van der Waals surface area contributed by atoms with E-state index >= 15 is 0 Å². The topological polar surface area (TPSA) is 154 Å². The molecule has 9 heteroatoms. The van der Waals surface area contributed by atoms with E-state index in [1.807, 2.05) is 0 Å². The van der Waals surface area contributed by atoms with Crippen molar-refractivity contribution in [2.24, 2.45) is 5.73 Å². The Morgan fingerprint density at radius 1 is 1.53 bits per heavy atom. The second-order valence-electron chi connectivity index (χ2n) is 3.03. The zero-order chi connectivity index (χ0) is 13.0. The van der Waals surface area contributed by atoms with Crippen LogP contribution in [0.1, 0.15) is 10.4 Å². The van der Waals surface area contributed by atoms with E-state index in [-0.39, 0.29) is 11.4 Å². The molecule has 0 aliphatic carbocycles. The van der Waals surface area contributed by atoms with Gasteiger partial charge in [-0.3, -0.25) is 19.7 Å². The number of nitrogens with two attached hydrogens (primary N) is 2. The molecule has 1 heterocycles. The van der Waals surface area contributed by atoms with Crippen molar-refractivity contribution in [2.75, 3.05) is 12.3 Å². The number of nitrogens with zero attached hydrogens (tertiary/aromatic N) is 2. The van der Waals surface area contributed by atoms with Crippen molar-refractivity contribution in [3.8, 4) is 0 Å². The first kappa shape index (κ1) is 12.4. The largest absolute Gasteiger partial charge is 0.384 e. The maximum atomic E-state index is 11.5. The van der Waals surface area contributed by atoms with Crippen molar-refractivity contribution < 1.29 is 14.5 Å². The smallest absolute Gasteiger partial charge is 0.300 e. The van der Waals surface area contributed by atoms with Crippen molar-refractivity contribution in [2.45, 2.75) is 0 Å². The van der Waals surface area contributed by atoms with Crippen molar-refractivity contribution in [1.82, 2.24) is 10.3 Å². The molecule has 0 aromatic carbocycles. The van der Waals surface area contributed by atoms with Crippen molar-refractivity contribution in [3.63, 3.8) is 0 Å². The fourth-order valence-corrected chi connectivity index (χ4v) is 1.05. The van der Waals surface area contributed by atoms with Gasteiger partial charge in [0.15, 0.2) is 0 Å². The molecular formula is C8H9N5O4. The average molecular weight is 239 g/mol. The van der Waals surface area contributed by atoms with Crippen LogP contribution in [0.25, 0.3) is 0 Å². The summed E-state index contributed by atoms with van der Waals surface area (Å²) in [5.41, 5.74) is 9.36. The van der Waals surface area contributed by atoms with Crippen LogP contribution in [0.4, 0.5) is 11.5 Å². The number of rotatable bonds is 4. The van der Waals surface area contributed by atoms with Crippen molar-refractivity contribution in [1.29, 1.82) is 0 Å². The van der Waals surface area contributed by atoms with Crippen LogP contribution >= 0.6 is 0 Å². The molecule has 1 aromatic rings. The number of hydrogen-bond donors (Lipinski definition) is 3. The molecule has 0 radical (unpaired) electrons. The Kier molecular flexibility index (Phi) is 3.55. The normalized spacial score (nSPS) is 9.65. The fraction of sp³-hybridized carbons (Fsp3) is 0.125. The molecule has 9 nitrogen and oxygen atoms in total. The third-order valence-electron chi connectivity index (χ3n) is 1.77. The molecule has 1 rings (SSSR count). The molecule has 0 unspecified atom stereocenters. The molecule has 0 bridgehead atoms. The van der Waals surface area contributed by atoms with Crippen molar-refractivity contribution >= 4 is 23.3 Å². The number of carbonyl (C=O) groups is 2. The first-order valence-corrected chi connectivity index (χ1v) is 4.38. The highest BCUT2D eigenvalue weighted by Gasteiger charge is 2.21. The van der Waals surface area contributed by atoms with Gasteiger partial charge >= 0.3 is 0 Å². The van der Waals surface area contributed by atoms with Crippen LogP contribution < -0.4 is 16.8 Å². The first-order valence-electron chi connectivity index (χ1n) is 4.38. The summed E-state index contributed by atoms with van der Waals surface area (Å²) in [5, 5.41) is 12.7. The fourth-order valence-electron chi connectivity index (χ4n) is 1.05. The standard InChI is InChI=1S/C8H9N5O4/c9-6-1-4(5(2-11-6)13(16)17)8(15)12-3-7(10)14/h1-2H,3H2,(H2,9,11)(H2,10,14)(H,12,15). The second-order valence-corrected chi connectivity index (χ2v) is 3.03. The molecule has 0 saturated heterocycles. The number of pyridine rings is 1. The molecule has 1 aromatic heterocycles. The van der Waals surface area contributed by atoms with E-state index in [1.165, 1.54) is 0 Å². The lowest BCUT2D eigenvalue weighted by molar-refractivity contribution is -0.385. The van der Waals surface area contributed by atoms with Crippen LogP contribution in [-0.4, -0.2) is 28.3 Å². The Bertz CT molecular complexity index is 487. The van der Waals surface area contributed by atoms with Gasteiger partial charge in [0.1, 0.15) is 17.6 Å². The third-order valence-corrected chi connectivity index (χ3v) is 1.77. The molecule has 0 atom stereocenters. The maximum absolute atomic E-state index is 11.5. The second kappa shape index (κ2) is 4.88. The molecule has 0 aliphatic rings. The van der Waals surface area contributed by atoms with Gasteiger partial charge in [-0.2, -0.15) is 0 Å². The highest BCUT2D eigenvalue weighted by Crippen LogP contribution is 2.18. The van der Waals surface area contributed by atoms with Crippen LogP contribution in [0.15, 0.2) is 12.3 Å². The van der Waals surface area contributed by atoms with Gasteiger partial charge in [0.2, 0.25) is 5.91 Å². The average Bonchev–Trinajstić information content (AvgIpc) is 2.25. The number of amides is 2. The number of nitrogen functional groups attached to an aromatic ring is 1. The molecule has 5 N–H and O–H groups in total. The lowest BCUT2D eigenvalue weighted by atomic mass is 10.2. The minimum atomic E-state index is -0.815. The van der Waals surface area contributed by atoms with E-state index in [2.05, 4.69) is 10.3 Å². The summed E-state index contributed by atoms with van der Waals surface area (Å²) in [6, 6.07) is 1.05. The zero-order valence-electron chi connectivity index (χ0n) is 8.54. The van der Waals surface area contributed by atoms with Gasteiger partial charge in [-0.05, 0) is 6.07 Å². The number of hydrogen-bond acceptors (Lipinski definition) is 6. The van der Waals surface area contributed by atoms with Gasteiger partial charge in [0.05, 0.1) is 11.5 Å². The quantitative estimate of drug-likeness (QED) is 0.442. The first-order chi connectivity index (χ1) is 7.91. The van der Waals surface area contributed by atoms with Crippen LogP contribution in [0.3, 0.4) is 0 Å². The summed E-state index contributed by atoms with van der Waals surface area (Å²) < 4.78 is 0. The Balaban J connectivity index is 3.02. The molecule has 0 saturated carbocycles. The Hall–Kier alpha value is -2.71. The monoisotopic (exact) mass is 239 g/mol. The van der Waals surface area contributed by atoms with E-state index in [1.54, 1.807) is 0 Å². The van der Waals surface area contributed by atoms with Crippen LogP contribution in [0.5, 0.6) is 0 Å². The minimum absolute atomic E-state index is 0.0418. The molecule has 2 amide bonds. The minimum Gasteiger partial charge on any atom is -0.384 e. The van der Waals surface area contributed by atoms with Crippen molar-refractivity contribution in [3.05, 3.63) is 27.9 Å². The van der Waals surface area contributed by atoms with Crippen LogP contribution in [-0.2, 0) is 4.79 Å². The summed E-state index contributed by atoms with van der Waals surface area (Å²) in [4.78, 5) is 35.3. The molecular weight excluding hydrogens is 230 g/mol. The van der Waals surface area contributed by atoms with E-state index in [4.69, 9.17) is 11.5 Å². The third kappa shape index (κ3) is 3.12. The van der Waals surface area contributed by atoms with Gasteiger partial charge in [-0.1, -0.05) is 0 Å². The summed E-state index contributed by atoms with van der Waals surface area (Å²) in [6.07, 6.45) is 0.870. The molecule has 0 aliphatic heterocycles. The van der Waals surface area contributed by atoms with Gasteiger partial charge in [0, 0.05) is 0 Å². The van der Waals surface area contributed by atoms with E-state index in [0.29, 0.717) is 0 Å². The van der Waals surface area contributed by atoms with Gasteiger partial charge in [-0.25, -0.2) is 4.98 Å². The summed E-state index contributed by atoms with van der Waals surface area (Å²) >= 11 is 0.